The Morgan fingerprint density at radius 3 is 2.08 bits per heavy atom. The number of benzene rings is 5. The van der Waals surface area contributed by atoms with Gasteiger partial charge in [0.25, 0.3) is 0 Å². The summed E-state index contributed by atoms with van der Waals surface area (Å²) in [7, 11) is 0. The molecule has 5 aromatic carbocycles. The molecule has 9 rings (SSSR count). The second-order valence-corrected chi connectivity index (χ2v) is 21.1. The molecule has 6 heteroatoms. The number of hydrogen-bond donors (Lipinski definition) is 0. The van der Waals surface area contributed by atoms with E-state index >= 15 is 0 Å². The molecule has 0 spiro atoms. The molecule has 0 amide bonds. The molecule has 64 heavy (non-hydrogen) atoms. The van der Waals surface area contributed by atoms with Crippen molar-refractivity contribution in [2.45, 2.75) is 145 Å². The third-order valence-electron chi connectivity index (χ3n) is 15.2. The molecule has 0 bridgehead atoms. The molecule has 1 aromatic heterocycles. The fourth-order valence-electron chi connectivity index (χ4n) is 10.7. The number of ether oxygens (including phenoxy) is 1. The fourth-order valence-corrected chi connectivity index (χ4v) is 10.7. The normalized spacial score (nSPS) is 19.5. The van der Waals surface area contributed by atoms with Crippen LogP contribution in [0.2, 0.25) is 0 Å². The molecule has 0 N–H and O–H groups in total. The van der Waals surface area contributed by atoms with Crippen LogP contribution in [0.1, 0.15) is 146 Å². The first kappa shape index (κ1) is 45.6. The van der Waals surface area contributed by atoms with Gasteiger partial charge in [-0.25, -0.2) is 4.98 Å². The summed E-state index contributed by atoms with van der Waals surface area (Å²) in [6.07, 6.45) is 2.76. The molecule has 0 saturated heterocycles. The van der Waals surface area contributed by atoms with E-state index in [2.05, 4.69) is 199 Å². The number of rotatable bonds is 6. The summed E-state index contributed by atoms with van der Waals surface area (Å²) >= 11 is 0. The summed E-state index contributed by atoms with van der Waals surface area (Å²) < 4.78 is 6.99. The molecule has 1 aliphatic carbocycles. The Hall–Kier alpha value is -4.99. The van der Waals surface area contributed by atoms with E-state index in [4.69, 9.17) is 14.7 Å². The van der Waals surface area contributed by atoms with Crippen molar-refractivity contribution in [3.63, 3.8) is 0 Å². The zero-order chi connectivity index (χ0) is 45.3. The third kappa shape index (κ3) is 6.90. The maximum Gasteiger partial charge on any atom is 2.00 e. The van der Waals surface area contributed by atoms with Gasteiger partial charge in [-0.2, -0.15) is 5.56 Å². The van der Waals surface area contributed by atoms with Crippen LogP contribution in [0, 0.1) is 60.6 Å². The number of anilines is 4. The smallest absolute Gasteiger partial charge is 0.503 e. The Bertz CT molecular complexity index is 2890. The van der Waals surface area contributed by atoms with Crippen LogP contribution in [-0.2, 0) is 43.9 Å². The Kier molecular flexibility index (Phi) is 11.1. The summed E-state index contributed by atoms with van der Waals surface area (Å²) in [5, 5.41) is 0. The molecule has 0 radical (unpaired) electrons. The Morgan fingerprint density at radius 2 is 1.41 bits per heavy atom. The molecular weight excluding hydrogens is 964 g/mol. The van der Waals surface area contributed by atoms with Crippen molar-refractivity contribution in [2.75, 3.05) is 9.80 Å². The number of amidine groups is 1. The summed E-state index contributed by atoms with van der Waals surface area (Å²) in [4.78, 5) is 15.7. The van der Waals surface area contributed by atoms with Crippen LogP contribution in [0.4, 0.5) is 22.9 Å². The molecule has 2 aliphatic heterocycles. The van der Waals surface area contributed by atoms with Gasteiger partial charge in [0.2, 0.25) is 0 Å². The molecule has 3 heterocycles. The number of aryl methyl sites for hydroxylation is 4. The molecule has 5 nitrogen and oxygen atoms in total. The monoisotopic (exact) mass is 1030 g/mol. The van der Waals surface area contributed by atoms with Crippen molar-refractivity contribution >= 4 is 28.7 Å². The first-order valence-corrected chi connectivity index (χ1v) is 22.8. The van der Waals surface area contributed by atoms with Gasteiger partial charge in [-0.1, -0.05) is 110 Å². The van der Waals surface area contributed by atoms with Crippen molar-refractivity contribution in [1.29, 1.82) is 0 Å². The van der Waals surface area contributed by atoms with Gasteiger partial charge in [-0.15, -0.1) is 35.4 Å². The van der Waals surface area contributed by atoms with Crippen LogP contribution in [0.15, 0.2) is 84.0 Å². The van der Waals surface area contributed by atoms with Crippen LogP contribution < -0.4 is 14.5 Å². The Morgan fingerprint density at radius 1 is 0.719 bits per heavy atom. The van der Waals surface area contributed by atoms with Gasteiger partial charge >= 0.3 is 21.1 Å². The number of pyridine rings is 1. The maximum atomic E-state index is 6.99. The second kappa shape index (κ2) is 15.6. The van der Waals surface area contributed by atoms with Crippen molar-refractivity contribution in [3.05, 3.63) is 169 Å². The molecular formula is C58H64N4OPt. The molecule has 2 atom stereocenters. The van der Waals surface area contributed by atoms with E-state index < -0.39 is 11.1 Å². The first-order chi connectivity index (χ1) is 29.5. The minimum absolute atomic E-state index is 0. The van der Waals surface area contributed by atoms with E-state index in [0.717, 1.165) is 40.6 Å². The van der Waals surface area contributed by atoms with Gasteiger partial charge in [-0.05, 0) is 141 Å². The number of aliphatic imine (C=N–C) groups is 1. The number of fused-ring (bicyclic) bond motifs is 5. The Balaban J connectivity index is 0.00000560. The minimum atomic E-state index is -0.439. The van der Waals surface area contributed by atoms with Gasteiger partial charge in [0, 0.05) is 40.0 Å². The van der Waals surface area contributed by atoms with E-state index in [0.29, 0.717) is 11.5 Å². The van der Waals surface area contributed by atoms with E-state index in [1.54, 1.807) is 0 Å². The zero-order valence-electron chi connectivity index (χ0n) is 40.8. The average molecular weight is 1030 g/mol. The van der Waals surface area contributed by atoms with E-state index in [-0.39, 0.29) is 37.8 Å². The maximum absolute atomic E-state index is 6.99. The van der Waals surface area contributed by atoms with Gasteiger partial charge in [0.15, 0.2) is 0 Å². The van der Waals surface area contributed by atoms with E-state index in [1.165, 1.54) is 72.4 Å². The predicted octanol–water partition coefficient (Wildman–Crippen LogP) is 14.7. The van der Waals surface area contributed by atoms with Crippen molar-refractivity contribution in [3.8, 4) is 11.5 Å². The summed E-state index contributed by atoms with van der Waals surface area (Å²) in [5.74, 6) is 3.37. The number of hydrogen-bond acceptors (Lipinski definition) is 5. The fraction of sp³-hybridized carbons (Fsp3) is 0.379. The average Bonchev–Trinajstić information content (AvgIpc) is 3.58. The van der Waals surface area contributed by atoms with Crippen LogP contribution in [0.25, 0.3) is 0 Å². The summed E-state index contributed by atoms with van der Waals surface area (Å²) in [6.45, 7) is 36.4. The van der Waals surface area contributed by atoms with Gasteiger partial charge in [0.05, 0.1) is 16.9 Å². The van der Waals surface area contributed by atoms with Crippen molar-refractivity contribution in [2.24, 2.45) is 4.99 Å². The zero-order valence-corrected chi connectivity index (χ0v) is 43.1. The van der Waals surface area contributed by atoms with Crippen LogP contribution in [0.3, 0.4) is 0 Å². The minimum Gasteiger partial charge on any atom is -0.503 e. The molecule has 0 unspecified atom stereocenters. The topological polar surface area (TPSA) is 41.0 Å². The summed E-state index contributed by atoms with van der Waals surface area (Å²) in [5.41, 5.74) is 19.7. The Labute approximate surface area is 397 Å². The van der Waals surface area contributed by atoms with E-state index in [1.807, 2.05) is 12.3 Å². The molecule has 3 aliphatic rings. The van der Waals surface area contributed by atoms with Crippen LogP contribution in [-0.4, -0.2) is 16.4 Å². The van der Waals surface area contributed by atoms with Crippen LogP contribution >= 0.6 is 0 Å². The molecule has 6 aromatic rings. The van der Waals surface area contributed by atoms with Crippen molar-refractivity contribution in [1.82, 2.24) is 4.98 Å². The second-order valence-electron chi connectivity index (χ2n) is 21.1. The number of nitrogens with zero attached hydrogens (tertiary/aromatic N) is 4. The molecule has 332 valence electrons. The van der Waals surface area contributed by atoms with Crippen molar-refractivity contribution < 1.29 is 25.8 Å². The molecule has 0 saturated carbocycles. The third-order valence-corrected chi connectivity index (χ3v) is 15.2. The molecule has 0 fully saturated rings. The largest absolute Gasteiger partial charge is 2.00 e. The standard InChI is InChI=1S/C58H64N4O.Pt/c1-33(2)41-27-42(53-60-57(15)32-47-38(7)35(4)19-21-48(47)58(57,16)62(53)52-39(8)36(5)26-37(6)40(52)9)29-46(28-41)63-45-25-34(3)24-44(31-45)61-51-22-20-43(55(10,11)12)30-50(51)56(13,14)49-18-17-23-59-54(49)61;/h17-28,30,33H,32H2,1-16H3;/q-2;+2/t57-,58+;/m1./s1. The first-order valence-electron chi connectivity index (χ1n) is 22.8. The van der Waals surface area contributed by atoms with Gasteiger partial charge < -0.3 is 19.5 Å². The van der Waals surface area contributed by atoms with E-state index in [9.17, 15) is 0 Å². The quantitative estimate of drug-likeness (QED) is 0.156. The van der Waals surface area contributed by atoms with Gasteiger partial charge in [0.1, 0.15) is 5.82 Å². The number of aromatic nitrogens is 1. The summed E-state index contributed by atoms with van der Waals surface area (Å²) in [6, 6.07) is 34.4. The SMILES string of the molecule is Cc1cc(Oc2[c-]c(C3=N[C@]4(C)Cc5c(ccc(C)c5C)[C@]4(C)N3c3c(C)c(C)cc(C)c3C)cc(C(C)C)c2)[c-]c(N2c3ccc(C(C)(C)C)cc3C(C)(C)c3cccnc32)c1.[Pt+2]. The predicted molar refractivity (Wildman–Crippen MR) is 263 cm³/mol. The van der Waals surface area contributed by atoms with Gasteiger partial charge in [-0.3, -0.25) is 0 Å². The van der Waals surface area contributed by atoms with Crippen LogP contribution in [0.5, 0.6) is 11.5 Å².